The molecule has 1 saturated heterocycles. The van der Waals surface area contributed by atoms with Crippen LogP contribution in [-0.4, -0.2) is 55.9 Å². The number of aliphatic hydroxyl groups excluding tert-OH is 1. The van der Waals surface area contributed by atoms with Crippen molar-refractivity contribution in [3.63, 3.8) is 0 Å². The molecule has 4 rings (SSSR count). The van der Waals surface area contributed by atoms with E-state index in [0.29, 0.717) is 43.5 Å². The molecule has 1 atom stereocenters. The molecule has 158 valence electrons. The van der Waals surface area contributed by atoms with E-state index in [4.69, 9.17) is 0 Å². The van der Waals surface area contributed by atoms with Crippen molar-refractivity contribution in [2.75, 3.05) is 18.4 Å². The molecule has 0 radical (unpaired) electrons. The standard InChI is InChI=1S/C22H33N5O2/c1-3-27-21-18(14-24-27)20(25-15(2)16-7-5-4-6-8-16)19(13-23-21)22(29)26-11-9-17(28)10-12-26/h13-17,28H,3-12H2,1-2H3,(H,23,25)/t15-/m1/s1. The second-order valence-corrected chi connectivity index (χ2v) is 8.60. The predicted octanol–water partition coefficient (Wildman–Crippen LogP) is 3.43. The molecular formula is C22H33N5O2. The average Bonchev–Trinajstić information content (AvgIpc) is 3.18. The van der Waals surface area contributed by atoms with Crippen LogP contribution in [0.2, 0.25) is 0 Å². The van der Waals surface area contributed by atoms with Crippen molar-refractivity contribution in [2.24, 2.45) is 5.92 Å². The number of hydrogen-bond acceptors (Lipinski definition) is 5. The number of carbonyl (C=O) groups excluding carboxylic acids is 1. The Labute approximate surface area is 172 Å². The van der Waals surface area contributed by atoms with Crippen LogP contribution in [0, 0.1) is 5.92 Å². The summed E-state index contributed by atoms with van der Waals surface area (Å²) in [7, 11) is 0. The molecule has 2 aromatic heterocycles. The maximum absolute atomic E-state index is 13.3. The van der Waals surface area contributed by atoms with E-state index in [9.17, 15) is 9.90 Å². The number of fused-ring (bicyclic) bond motifs is 1. The number of likely N-dealkylation sites (tertiary alicyclic amines) is 1. The molecule has 0 bridgehead atoms. The summed E-state index contributed by atoms with van der Waals surface area (Å²) in [6, 6.07) is 0.292. The van der Waals surface area contributed by atoms with E-state index < -0.39 is 0 Å². The number of aryl methyl sites for hydroxylation is 1. The van der Waals surface area contributed by atoms with E-state index in [1.807, 2.05) is 22.7 Å². The lowest BCUT2D eigenvalue weighted by molar-refractivity contribution is 0.0547. The maximum atomic E-state index is 13.3. The molecule has 2 fully saturated rings. The van der Waals surface area contributed by atoms with Gasteiger partial charge in [-0.15, -0.1) is 0 Å². The third-order valence-corrected chi connectivity index (χ3v) is 6.68. The fraction of sp³-hybridized carbons (Fsp3) is 0.682. The van der Waals surface area contributed by atoms with Crippen LogP contribution in [0.1, 0.15) is 69.2 Å². The molecule has 2 N–H and O–H groups in total. The van der Waals surface area contributed by atoms with Gasteiger partial charge in [0.25, 0.3) is 5.91 Å². The van der Waals surface area contributed by atoms with Crippen molar-refractivity contribution in [3.05, 3.63) is 18.0 Å². The number of aliphatic hydroxyl groups is 1. The zero-order valence-corrected chi connectivity index (χ0v) is 17.6. The molecule has 1 aliphatic carbocycles. The predicted molar refractivity (Wildman–Crippen MR) is 114 cm³/mol. The lowest BCUT2D eigenvalue weighted by Crippen LogP contribution is -2.40. The van der Waals surface area contributed by atoms with Gasteiger partial charge in [0.15, 0.2) is 5.65 Å². The zero-order chi connectivity index (χ0) is 20.4. The number of hydrogen-bond donors (Lipinski definition) is 2. The second kappa shape index (κ2) is 8.69. The summed E-state index contributed by atoms with van der Waals surface area (Å²) in [5.74, 6) is 0.621. The summed E-state index contributed by atoms with van der Waals surface area (Å²) in [6.45, 7) is 6.20. The van der Waals surface area contributed by atoms with Crippen LogP contribution in [-0.2, 0) is 6.54 Å². The normalized spacial score (nSPS) is 20.2. The Hall–Kier alpha value is -2.15. The van der Waals surface area contributed by atoms with Gasteiger partial charge in [-0.25, -0.2) is 9.67 Å². The van der Waals surface area contributed by atoms with Crippen molar-refractivity contribution in [1.29, 1.82) is 0 Å². The van der Waals surface area contributed by atoms with Gasteiger partial charge in [0, 0.05) is 31.9 Å². The van der Waals surface area contributed by atoms with Crippen molar-refractivity contribution < 1.29 is 9.90 Å². The Balaban J connectivity index is 1.67. The molecule has 1 aliphatic heterocycles. The molecule has 7 heteroatoms. The van der Waals surface area contributed by atoms with Gasteiger partial charge in [-0.1, -0.05) is 19.3 Å². The monoisotopic (exact) mass is 399 g/mol. The minimum absolute atomic E-state index is 0.00565. The fourth-order valence-electron chi connectivity index (χ4n) is 4.79. The van der Waals surface area contributed by atoms with Crippen LogP contribution >= 0.6 is 0 Å². The molecule has 1 saturated carbocycles. The van der Waals surface area contributed by atoms with E-state index in [1.54, 1.807) is 6.20 Å². The molecule has 29 heavy (non-hydrogen) atoms. The van der Waals surface area contributed by atoms with Crippen molar-refractivity contribution in [1.82, 2.24) is 19.7 Å². The van der Waals surface area contributed by atoms with E-state index in [2.05, 4.69) is 22.3 Å². The Kier molecular flexibility index (Phi) is 6.04. The smallest absolute Gasteiger partial charge is 0.257 e. The highest BCUT2D eigenvalue weighted by atomic mass is 16.3. The third-order valence-electron chi connectivity index (χ3n) is 6.68. The summed E-state index contributed by atoms with van der Waals surface area (Å²) in [5.41, 5.74) is 2.30. The molecular weight excluding hydrogens is 366 g/mol. The highest BCUT2D eigenvalue weighted by Gasteiger charge is 2.28. The number of amides is 1. The number of carbonyl (C=O) groups is 1. The first kappa shape index (κ1) is 20.1. The Bertz CT molecular complexity index is 850. The van der Waals surface area contributed by atoms with Crippen LogP contribution in [0.25, 0.3) is 11.0 Å². The molecule has 0 spiro atoms. The van der Waals surface area contributed by atoms with Crippen LogP contribution in [0.5, 0.6) is 0 Å². The molecule has 3 heterocycles. The minimum Gasteiger partial charge on any atom is -0.393 e. The second-order valence-electron chi connectivity index (χ2n) is 8.60. The van der Waals surface area contributed by atoms with Gasteiger partial charge in [-0.05, 0) is 45.4 Å². The summed E-state index contributed by atoms with van der Waals surface area (Å²) in [6.07, 6.45) is 10.9. The van der Waals surface area contributed by atoms with Crippen molar-refractivity contribution >= 4 is 22.6 Å². The van der Waals surface area contributed by atoms with Crippen LogP contribution in [0.4, 0.5) is 5.69 Å². The number of nitrogens with zero attached hydrogens (tertiary/aromatic N) is 4. The Morgan fingerprint density at radius 2 is 1.93 bits per heavy atom. The Morgan fingerprint density at radius 1 is 1.21 bits per heavy atom. The first-order valence-electron chi connectivity index (χ1n) is 11.2. The van der Waals surface area contributed by atoms with Gasteiger partial charge < -0.3 is 15.3 Å². The highest BCUT2D eigenvalue weighted by Crippen LogP contribution is 2.32. The first-order chi connectivity index (χ1) is 14.1. The largest absolute Gasteiger partial charge is 0.393 e. The van der Waals surface area contributed by atoms with Gasteiger partial charge in [-0.3, -0.25) is 4.79 Å². The third kappa shape index (κ3) is 4.10. The van der Waals surface area contributed by atoms with Gasteiger partial charge in [0.1, 0.15) is 0 Å². The van der Waals surface area contributed by atoms with Gasteiger partial charge in [0.2, 0.25) is 0 Å². The van der Waals surface area contributed by atoms with Crippen LogP contribution < -0.4 is 5.32 Å². The zero-order valence-electron chi connectivity index (χ0n) is 17.6. The van der Waals surface area contributed by atoms with Crippen molar-refractivity contribution in [3.8, 4) is 0 Å². The summed E-state index contributed by atoms with van der Waals surface area (Å²) in [4.78, 5) is 19.8. The molecule has 7 nitrogen and oxygen atoms in total. The summed E-state index contributed by atoms with van der Waals surface area (Å²) >= 11 is 0. The average molecular weight is 400 g/mol. The quantitative estimate of drug-likeness (QED) is 0.805. The van der Waals surface area contributed by atoms with Gasteiger partial charge in [0.05, 0.1) is 28.9 Å². The molecule has 1 amide bonds. The van der Waals surface area contributed by atoms with E-state index >= 15 is 0 Å². The van der Waals surface area contributed by atoms with E-state index in [0.717, 1.165) is 23.3 Å². The summed E-state index contributed by atoms with van der Waals surface area (Å²) in [5, 5.41) is 18.9. The van der Waals surface area contributed by atoms with Crippen molar-refractivity contribution in [2.45, 2.75) is 77.5 Å². The van der Waals surface area contributed by atoms with E-state index in [-0.39, 0.29) is 12.0 Å². The number of piperidine rings is 1. The minimum atomic E-state index is -0.300. The first-order valence-corrected chi connectivity index (χ1v) is 11.2. The molecule has 0 unspecified atom stereocenters. The van der Waals surface area contributed by atoms with Gasteiger partial charge >= 0.3 is 0 Å². The number of rotatable bonds is 5. The molecule has 2 aromatic rings. The number of nitrogens with one attached hydrogen (secondary N) is 1. The molecule has 0 aromatic carbocycles. The number of pyridine rings is 1. The van der Waals surface area contributed by atoms with Crippen LogP contribution in [0.3, 0.4) is 0 Å². The van der Waals surface area contributed by atoms with E-state index in [1.165, 1.54) is 32.1 Å². The van der Waals surface area contributed by atoms with Crippen LogP contribution in [0.15, 0.2) is 12.4 Å². The highest BCUT2D eigenvalue weighted by molar-refractivity contribution is 6.06. The van der Waals surface area contributed by atoms with Gasteiger partial charge in [-0.2, -0.15) is 5.10 Å². The summed E-state index contributed by atoms with van der Waals surface area (Å²) < 4.78 is 1.87. The lowest BCUT2D eigenvalue weighted by atomic mass is 9.84. The fourth-order valence-corrected chi connectivity index (χ4v) is 4.79. The lowest BCUT2D eigenvalue weighted by Gasteiger charge is -2.32. The number of anilines is 1. The Morgan fingerprint density at radius 3 is 2.62 bits per heavy atom. The maximum Gasteiger partial charge on any atom is 0.257 e. The molecule has 2 aliphatic rings. The SMILES string of the molecule is CCn1ncc2c(N[C@H](C)C3CCCCC3)c(C(=O)N3CCC(O)CC3)cnc21. The topological polar surface area (TPSA) is 83.3 Å². The number of aromatic nitrogens is 3.